The third-order valence-corrected chi connectivity index (χ3v) is 6.30. The molecule has 0 radical (unpaired) electrons. The van der Waals surface area contributed by atoms with Gasteiger partial charge in [-0.2, -0.15) is 0 Å². The molecule has 0 aliphatic heterocycles. The Labute approximate surface area is 160 Å². The number of benzene rings is 2. The van der Waals surface area contributed by atoms with Crippen molar-refractivity contribution >= 4 is 11.6 Å². The molecule has 27 heavy (non-hydrogen) atoms. The maximum absolute atomic E-state index is 13.9. The topological polar surface area (TPSA) is 32.3 Å². The van der Waals surface area contributed by atoms with Crippen LogP contribution in [0.4, 0.5) is 10.1 Å². The minimum absolute atomic E-state index is 0.0275. The number of carbonyl (C=O) groups is 1. The fraction of sp³-hybridized carbons (Fsp3) is 0.435. The normalized spacial score (nSPS) is 23.4. The molecule has 1 saturated carbocycles. The van der Waals surface area contributed by atoms with Crippen LogP contribution in [-0.2, 0) is 16.8 Å². The molecule has 1 amide bonds. The van der Waals surface area contributed by atoms with E-state index in [0.717, 1.165) is 30.5 Å². The van der Waals surface area contributed by atoms with Gasteiger partial charge in [-0.1, -0.05) is 44.2 Å². The lowest BCUT2D eigenvalue weighted by Gasteiger charge is -2.46. The summed E-state index contributed by atoms with van der Waals surface area (Å²) in [5, 5.41) is 3.29. The molecular weight excluding hydrogens is 339 g/mol. The van der Waals surface area contributed by atoms with Crippen LogP contribution in [0.15, 0.2) is 48.5 Å². The Morgan fingerprint density at radius 3 is 2.59 bits per heavy atom. The minimum Gasteiger partial charge on any atom is -0.356 e. The first-order valence-electron chi connectivity index (χ1n) is 9.71. The zero-order chi connectivity index (χ0) is 19.2. The van der Waals surface area contributed by atoms with Gasteiger partial charge in [0.25, 0.3) is 5.91 Å². The van der Waals surface area contributed by atoms with Crippen LogP contribution in [0.25, 0.3) is 0 Å². The predicted octanol–water partition coefficient (Wildman–Crippen LogP) is 4.41. The zero-order valence-electron chi connectivity index (χ0n) is 16.3. The molecular formula is C23H27FN2O. The molecule has 0 heterocycles. The van der Waals surface area contributed by atoms with Crippen LogP contribution in [0.2, 0.25) is 0 Å². The highest BCUT2D eigenvalue weighted by atomic mass is 19.1. The Hall–Kier alpha value is -2.36. The highest BCUT2D eigenvalue weighted by Gasteiger charge is 2.50. The SMILES string of the molecule is CN(c1cccc(F)c1)C1(C(=O)NC2CC(C)(C)C2)CCc2ccccc21. The summed E-state index contributed by atoms with van der Waals surface area (Å²) in [6.07, 6.45) is 3.54. The summed E-state index contributed by atoms with van der Waals surface area (Å²) >= 11 is 0. The molecule has 3 nitrogen and oxygen atoms in total. The number of nitrogens with zero attached hydrogens (tertiary/aromatic N) is 1. The van der Waals surface area contributed by atoms with Crippen LogP contribution < -0.4 is 10.2 Å². The van der Waals surface area contributed by atoms with E-state index in [-0.39, 0.29) is 17.8 Å². The third kappa shape index (κ3) is 3.01. The van der Waals surface area contributed by atoms with Gasteiger partial charge in [0.2, 0.25) is 0 Å². The Bertz CT molecular complexity index is 870. The van der Waals surface area contributed by atoms with Crippen molar-refractivity contribution in [3.8, 4) is 0 Å². The second-order valence-corrected chi connectivity index (χ2v) is 8.80. The van der Waals surface area contributed by atoms with Crippen molar-refractivity contribution in [2.45, 2.75) is 51.1 Å². The van der Waals surface area contributed by atoms with Gasteiger partial charge < -0.3 is 10.2 Å². The van der Waals surface area contributed by atoms with Crippen molar-refractivity contribution in [2.24, 2.45) is 5.41 Å². The number of aryl methyl sites for hydroxylation is 1. The number of fused-ring (bicyclic) bond motifs is 1. The number of hydrogen-bond acceptors (Lipinski definition) is 2. The van der Waals surface area contributed by atoms with Gasteiger partial charge in [0, 0.05) is 18.8 Å². The molecule has 2 aliphatic carbocycles. The smallest absolute Gasteiger partial charge is 0.250 e. The third-order valence-electron chi connectivity index (χ3n) is 6.30. The second kappa shape index (κ2) is 6.36. The number of hydrogen-bond donors (Lipinski definition) is 1. The maximum atomic E-state index is 13.9. The first-order valence-corrected chi connectivity index (χ1v) is 9.71. The quantitative estimate of drug-likeness (QED) is 0.869. The fourth-order valence-corrected chi connectivity index (χ4v) is 4.91. The molecule has 0 spiro atoms. The second-order valence-electron chi connectivity index (χ2n) is 8.80. The van der Waals surface area contributed by atoms with E-state index in [0.29, 0.717) is 11.8 Å². The first kappa shape index (κ1) is 18.0. The molecule has 2 aliphatic rings. The minimum atomic E-state index is -0.801. The van der Waals surface area contributed by atoms with E-state index in [1.165, 1.54) is 17.7 Å². The van der Waals surface area contributed by atoms with Gasteiger partial charge in [0.1, 0.15) is 11.4 Å². The standard InChI is InChI=1S/C23H27FN2O/c1-22(2)14-18(15-22)25-21(27)23(12-11-16-7-4-5-10-20(16)23)26(3)19-9-6-8-17(24)13-19/h4-10,13,18H,11-12,14-15H2,1-3H3,(H,25,27). The average Bonchev–Trinajstić information content (AvgIpc) is 3.00. The lowest BCUT2D eigenvalue weighted by Crippen LogP contribution is -2.59. The van der Waals surface area contributed by atoms with E-state index in [9.17, 15) is 9.18 Å². The number of halogens is 1. The highest BCUT2D eigenvalue weighted by Crippen LogP contribution is 2.45. The molecule has 1 N–H and O–H groups in total. The van der Waals surface area contributed by atoms with Crippen LogP contribution in [0, 0.1) is 11.2 Å². The Balaban J connectivity index is 1.72. The molecule has 1 fully saturated rings. The van der Waals surface area contributed by atoms with Gasteiger partial charge in [-0.3, -0.25) is 4.79 Å². The van der Waals surface area contributed by atoms with Gasteiger partial charge in [-0.25, -0.2) is 4.39 Å². The zero-order valence-corrected chi connectivity index (χ0v) is 16.3. The maximum Gasteiger partial charge on any atom is 0.250 e. The van der Waals surface area contributed by atoms with Gasteiger partial charge in [-0.15, -0.1) is 0 Å². The number of anilines is 1. The predicted molar refractivity (Wildman–Crippen MR) is 106 cm³/mol. The fourth-order valence-electron chi connectivity index (χ4n) is 4.91. The van der Waals surface area contributed by atoms with Crippen LogP contribution in [-0.4, -0.2) is 19.0 Å². The summed E-state index contributed by atoms with van der Waals surface area (Å²) in [6, 6.07) is 14.9. The van der Waals surface area contributed by atoms with Crippen LogP contribution in [0.5, 0.6) is 0 Å². The number of carbonyl (C=O) groups excluding carboxylic acids is 1. The summed E-state index contributed by atoms with van der Waals surface area (Å²) in [5.41, 5.74) is 2.45. The summed E-state index contributed by atoms with van der Waals surface area (Å²) in [5.74, 6) is -0.262. The lowest BCUT2D eigenvalue weighted by molar-refractivity contribution is -0.128. The molecule has 4 heteroatoms. The molecule has 0 aromatic heterocycles. The van der Waals surface area contributed by atoms with Gasteiger partial charge >= 0.3 is 0 Å². The Kier molecular flexibility index (Phi) is 4.25. The van der Waals surface area contributed by atoms with Gasteiger partial charge in [-0.05, 0) is 60.4 Å². The molecule has 0 bridgehead atoms. The van der Waals surface area contributed by atoms with Gasteiger partial charge in [0.05, 0.1) is 0 Å². The van der Waals surface area contributed by atoms with Crippen LogP contribution in [0.1, 0.15) is 44.2 Å². The first-order chi connectivity index (χ1) is 12.8. The van der Waals surface area contributed by atoms with Crippen molar-refractivity contribution < 1.29 is 9.18 Å². The van der Waals surface area contributed by atoms with E-state index in [1.54, 1.807) is 6.07 Å². The molecule has 2 aromatic carbocycles. The van der Waals surface area contributed by atoms with Crippen molar-refractivity contribution in [3.05, 3.63) is 65.5 Å². The van der Waals surface area contributed by atoms with Crippen molar-refractivity contribution in [1.82, 2.24) is 5.32 Å². The number of rotatable bonds is 4. The van der Waals surface area contributed by atoms with Crippen LogP contribution in [0.3, 0.4) is 0 Å². The number of likely N-dealkylation sites (N-methyl/N-ethyl adjacent to an activating group) is 1. The molecule has 1 atom stereocenters. The summed E-state index contributed by atoms with van der Waals surface area (Å²) in [4.78, 5) is 15.6. The molecule has 0 saturated heterocycles. The van der Waals surface area contributed by atoms with Crippen molar-refractivity contribution in [1.29, 1.82) is 0 Å². The summed E-state index contributed by atoms with van der Waals surface area (Å²) in [6.45, 7) is 4.46. The van der Waals surface area contributed by atoms with E-state index >= 15 is 0 Å². The summed E-state index contributed by atoms with van der Waals surface area (Å²) < 4.78 is 13.9. The van der Waals surface area contributed by atoms with Gasteiger partial charge in [0.15, 0.2) is 0 Å². The molecule has 2 aromatic rings. The van der Waals surface area contributed by atoms with Crippen molar-refractivity contribution in [2.75, 3.05) is 11.9 Å². The van der Waals surface area contributed by atoms with E-state index < -0.39 is 5.54 Å². The average molecular weight is 366 g/mol. The van der Waals surface area contributed by atoms with E-state index in [4.69, 9.17) is 0 Å². The molecule has 1 unspecified atom stereocenters. The highest BCUT2D eigenvalue weighted by molar-refractivity contribution is 5.93. The lowest BCUT2D eigenvalue weighted by atomic mass is 9.68. The number of nitrogens with one attached hydrogen (secondary N) is 1. The Morgan fingerprint density at radius 2 is 1.89 bits per heavy atom. The molecule has 142 valence electrons. The number of amides is 1. The van der Waals surface area contributed by atoms with Crippen LogP contribution >= 0.6 is 0 Å². The van der Waals surface area contributed by atoms with Crippen molar-refractivity contribution in [3.63, 3.8) is 0 Å². The summed E-state index contributed by atoms with van der Waals surface area (Å²) in [7, 11) is 1.90. The van der Waals surface area contributed by atoms with E-state index in [1.807, 2.05) is 36.2 Å². The molecule has 4 rings (SSSR count). The monoisotopic (exact) mass is 366 g/mol. The van der Waals surface area contributed by atoms with E-state index in [2.05, 4.69) is 25.2 Å². The largest absolute Gasteiger partial charge is 0.356 e. The Morgan fingerprint density at radius 1 is 1.15 bits per heavy atom.